The molecule has 1 aromatic carbocycles. The fourth-order valence-corrected chi connectivity index (χ4v) is 2.91. The summed E-state index contributed by atoms with van der Waals surface area (Å²) in [6, 6.07) is 2.82. The van der Waals surface area contributed by atoms with Gasteiger partial charge >= 0.3 is 0 Å². The normalized spacial score (nSPS) is 19.9. The van der Waals surface area contributed by atoms with Crippen LogP contribution in [0.25, 0.3) is 0 Å². The number of aryl methyl sites for hydroxylation is 1. The Kier molecular flexibility index (Phi) is 4.73. The highest BCUT2D eigenvalue weighted by Gasteiger charge is 2.42. The van der Waals surface area contributed by atoms with Crippen LogP contribution >= 0.6 is 0 Å². The van der Waals surface area contributed by atoms with Gasteiger partial charge in [0.2, 0.25) is 0 Å². The second-order valence-corrected chi connectivity index (χ2v) is 5.20. The van der Waals surface area contributed by atoms with Crippen molar-refractivity contribution in [2.24, 2.45) is 0 Å². The molecule has 0 aliphatic carbocycles. The van der Waals surface area contributed by atoms with E-state index in [4.69, 9.17) is 9.47 Å². The van der Waals surface area contributed by atoms with E-state index in [1.54, 1.807) is 33.2 Å². The third kappa shape index (κ3) is 2.57. The lowest BCUT2D eigenvalue weighted by atomic mass is 9.81. The van der Waals surface area contributed by atoms with Gasteiger partial charge in [0, 0.05) is 38.7 Å². The molecule has 0 radical (unpaired) electrons. The highest BCUT2D eigenvalue weighted by atomic mass is 19.2. The van der Waals surface area contributed by atoms with Gasteiger partial charge < -0.3 is 14.8 Å². The first-order valence-electron chi connectivity index (χ1n) is 6.80. The third-order valence-electron chi connectivity index (χ3n) is 4.18. The lowest BCUT2D eigenvalue weighted by molar-refractivity contribution is -0.111. The van der Waals surface area contributed by atoms with Crippen molar-refractivity contribution in [2.45, 2.75) is 31.4 Å². The summed E-state index contributed by atoms with van der Waals surface area (Å²) in [7, 11) is 3.34. The first-order valence-corrected chi connectivity index (χ1v) is 6.80. The van der Waals surface area contributed by atoms with E-state index in [-0.39, 0.29) is 0 Å². The number of rotatable bonds is 4. The van der Waals surface area contributed by atoms with Gasteiger partial charge in [-0.2, -0.15) is 0 Å². The first-order chi connectivity index (χ1) is 9.55. The Morgan fingerprint density at radius 1 is 1.25 bits per heavy atom. The number of nitrogens with one attached hydrogen (secondary N) is 1. The van der Waals surface area contributed by atoms with E-state index in [9.17, 15) is 8.78 Å². The number of ether oxygens (including phenoxy) is 2. The minimum atomic E-state index is -0.799. The molecule has 1 fully saturated rings. The molecule has 0 amide bonds. The third-order valence-corrected chi connectivity index (χ3v) is 4.18. The molecule has 1 aromatic rings. The fraction of sp³-hybridized carbons (Fsp3) is 0.600. The first kappa shape index (κ1) is 15.4. The molecule has 0 aromatic heterocycles. The van der Waals surface area contributed by atoms with Crippen molar-refractivity contribution >= 4 is 0 Å². The zero-order valence-electron chi connectivity index (χ0n) is 12.1. The van der Waals surface area contributed by atoms with Crippen LogP contribution < -0.4 is 5.32 Å². The van der Waals surface area contributed by atoms with Crippen molar-refractivity contribution in [2.75, 3.05) is 27.4 Å². The topological polar surface area (TPSA) is 30.5 Å². The van der Waals surface area contributed by atoms with Crippen LogP contribution in [0.2, 0.25) is 0 Å². The van der Waals surface area contributed by atoms with Crippen LogP contribution in [0.3, 0.4) is 0 Å². The highest BCUT2D eigenvalue weighted by Crippen LogP contribution is 2.38. The van der Waals surface area contributed by atoms with E-state index >= 15 is 0 Å². The van der Waals surface area contributed by atoms with Crippen LogP contribution in [0.4, 0.5) is 8.78 Å². The molecule has 20 heavy (non-hydrogen) atoms. The summed E-state index contributed by atoms with van der Waals surface area (Å²) in [6.07, 6.45) is 1.29. The number of halogens is 2. The van der Waals surface area contributed by atoms with Gasteiger partial charge in [0.1, 0.15) is 0 Å². The Balaban J connectivity index is 2.43. The molecular formula is C15H21F2NO2. The van der Waals surface area contributed by atoms with E-state index in [0.717, 1.165) is 0 Å². The molecule has 0 spiro atoms. The summed E-state index contributed by atoms with van der Waals surface area (Å²) >= 11 is 0. The summed E-state index contributed by atoms with van der Waals surface area (Å²) in [5.74, 6) is -1.59. The average Bonchev–Trinajstić information content (AvgIpc) is 2.49. The number of methoxy groups -OCH3 is 1. The number of benzene rings is 1. The quantitative estimate of drug-likeness (QED) is 0.922. The van der Waals surface area contributed by atoms with Crippen molar-refractivity contribution in [1.29, 1.82) is 0 Å². The maximum atomic E-state index is 14.3. The van der Waals surface area contributed by atoms with Crippen LogP contribution in [0.15, 0.2) is 12.1 Å². The number of hydrogen-bond donors (Lipinski definition) is 1. The molecule has 1 aliphatic rings. The van der Waals surface area contributed by atoms with E-state index in [2.05, 4.69) is 5.32 Å². The minimum Gasteiger partial charge on any atom is -0.381 e. The van der Waals surface area contributed by atoms with Crippen molar-refractivity contribution in [1.82, 2.24) is 5.32 Å². The van der Waals surface area contributed by atoms with Gasteiger partial charge in [0.05, 0.1) is 11.6 Å². The number of hydrogen-bond acceptors (Lipinski definition) is 3. The lowest BCUT2D eigenvalue weighted by Gasteiger charge is -2.42. The Bertz CT molecular complexity index is 473. The summed E-state index contributed by atoms with van der Waals surface area (Å²) in [5, 5.41) is 3.08. The van der Waals surface area contributed by atoms with Gasteiger partial charge in [-0.3, -0.25) is 0 Å². The summed E-state index contributed by atoms with van der Waals surface area (Å²) in [6.45, 7) is 2.67. The smallest absolute Gasteiger partial charge is 0.163 e. The zero-order chi connectivity index (χ0) is 14.8. The molecule has 1 saturated heterocycles. The zero-order valence-corrected chi connectivity index (χ0v) is 12.1. The van der Waals surface area contributed by atoms with Crippen LogP contribution in [-0.4, -0.2) is 33.0 Å². The minimum absolute atomic E-state index is 0.305. The molecule has 2 rings (SSSR count). The highest BCUT2D eigenvalue weighted by molar-refractivity contribution is 5.30. The summed E-state index contributed by atoms with van der Waals surface area (Å²) < 4.78 is 39.1. The summed E-state index contributed by atoms with van der Waals surface area (Å²) in [4.78, 5) is 0. The van der Waals surface area contributed by atoms with Gasteiger partial charge in [-0.1, -0.05) is 12.1 Å². The van der Waals surface area contributed by atoms with Crippen molar-refractivity contribution < 1.29 is 18.3 Å². The van der Waals surface area contributed by atoms with E-state index in [0.29, 0.717) is 37.2 Å². The Morgan fingerprint density at radius 2 is 1.90 bits per heavy atom. The van der Waals surface area contributed by atoms with Crippen molar-refractivity contribution in [3.05, 3.63) is 34.9 Å². The Labute approximate surface area is 118 Å². The molecule has 5 heteroatoms. The number of likely N-dealkylation sites (N-methyl/N-ethyl adjacent to an activating group) is 1. The average molecular weight is 285 g/mol. The van der Waals surface area contributed by atoms with Gasteiger partial charge in [0.15, 0.2) is 11.6 Å². The van der Waals surface area contributed by atoms with E-state index in [1.165, 1.54) is 0 Å². The second kappa shape index (κ2) is 6.16. The maximum Gasteiger partial charge on any atom is 0.163 e. The molecule has 1 N–H and O–H groups in total. The largest absolute Gasteiger partial charge is 0.381 e. The lowest BCUT2D eigenvalue weighted by Crippen LogP contribution is -2.48. The van der Waals surface area contributed by atoms with Gasteiger partial charge in [-0.05, 0) is 19.5 Å². The standard InChI is InChI=1S/C15H21F2NO2/c1-10-4-5-11(13(17)12(10)16)14(18-2)15(19-3)6-8-20-9-7-15/h4-5,14,18H,6-9H2,1-3H3. The predicted octanol–water partition coefficient (Wildman–Crippen LogP) is 2.73. The molecule has 0 saturated carbocycles. The van der Waals surface area contributed by atoms with Crippen LogP contribution in [0, 0.1) is 18.6 Å². The second-order valence-electron chi connectivity index (χ2n) is 5.20. The van der Waals surface area contributed by atoms with Gasteiger partial charge in [-0.25, -0.2) is 8.78 Å². The fourth-order valence-electron chi connectivity index (χ4n) is 2.91. The molecule has 112 valence electrons. The SMILES string of the molecule is CNC(c1ccc(C)c(F)c1F)C1(OC)CCOCC1. The molecule has 1 heterocycles. The molecule has 1 unspecified atom stereocenters. The Hall–Kier alpha value is -1.04. The summed E-state index contributed by atoms with van der Waals surface area (Å²) in [5.41, 5.74) is 0.0362. The van der Waals surface area contributed by atoms with Gasteiger partial charge in [0.25, 0.3) is 0 Å². The molecular weight excluding hydrogens is 264 g/mol. The van der Waals surface area contributed by atoms with E-state index in [1.807, 2.05) is 0 Å². The van der Waals surface area contributed by atoms with Crippen molar-refractivity contribution in [3.63, 3.8) is 0 Å². The van der Waals surface area contributed by atoms with Crippen LogP contribution in [-0.2, 0) is 9.47 Å². The molecule has 3 nitrogen and oxygen atoms in total. The predicted molar refractivity (Wildman–Crippen MR) is 72.7 cm³/mol. The maximum absolute atomic E-state index is 14.3. The molecule has 0 bridgehead atoms. The van der Waals surface area contributed by atoms with E-state index < -0.39 is 23.3 Å². The Morgan fingerprint density at radius 3 is 2.45 bits per heavy atom. The molecule has 1 aliphatic heterocycles. The van der Waals surface area contributed by atoms with Gasteiger partial charge in [-0.15, -0.1) is 0 Å². The molecule has 1 atom stereocenters. The monoisotopic (exact) mass is 285 g/mol. The van der Waals surface area contributed by atoms with Crippen molar-refractivity contribution in [3.8, 4) is 0 Å². The van der Waals surface area contributed by atoms with Crippen LogP contribution in [0.1, 0.15) is 30.0 Å². The van der Waals surface area contributed by atoms with Crippen LogP contribution in [0.5, 0.6) is 0 Å².